The molecule has 0 bridgehead atoms. The molecule has 3 rings (SSSR count). The van der Waals surface area contributed by atoms with Crippen LogP contribution >= 0.6 is 0 Å². The topological polar surface area (TPSA) is 56.5 Å². The molecule has 2 aromatic carbocycles. The normalized spacial score (nSPS) is 11.5. The molecule has 0 atom stereocenters. The van der Waals surface area contributed by atoms with E-state index in [1.165, 1.54) is 4.68 Å². The Morgan fingerprint density at radius 3 is 2.62 bits per heavy atom. The van der Waals surface area contributed by atoms with Gasteiger partial charge in [-0.2, -0.15) is 9.78 Å². The summed E-state index contributed by atoms with van der Waals surface area (Å²) < 4.78 is 7.08. The second kappa shape index (κ2) is 6.66. The van der Waals surface area contributed by atoms with Crippen molar-refractivity contribution < 1.29 is 4.74 Å². The van der Waals surface area contributed by atoms with Gasteiger partial charge in [-0.1, -0.05) is 24.3 Å². The van der Waals surface area contributed by atoms with E-state index >= 15 is 0 Å². The Labute approximate surface area is 140 Å². The zero-order chi connectivity index (χ0) is 17.1. The van der Waals surface area contributed by atoms with Gasteiger partial charge in [0.05, 0.1) is 23.2 Å². The van der Waals surface area contributed by atoms with Crippen molar-refractivity contribution >= 4 is 17.1 Å². The van der Waals surface area contributed by atoms with Gasteiger partial charge in [-0.15, -0.1) is 0 Å². The van der Waals surface area contributed by atoms with E-state index in [0.717, 1.165) is 11.3 Å². The predicted molar refractivity (Wildman–Crippen MR) is 95.9 cm³/mol. The maximum Gasteiger partial charge on any atom is 0.282 e. The SMILES string of the molecule is Cc1nc2ccccc2c(=O)n1/N=C/c1ccccc1OC(C)C. The zero-order valence-electron chi connectivity index (χ0n) is 13.9. The highest BCUT2D eigenvalue weighted by Gasteiger charge is 2.07. The lowest BCUT2D eigenvalue weighted by Crippen LogP contribution is -2.20. The minimum atomic E-state index is -0.184. The molecule has 0 amide bonds. The highest BCUT2D eigenvalue weighted by molar-refractivity contribution is 5.83. The largest absolute Gasteiger partial charge is 0.490 e. The lowest BCUT2D eigenvalue weighted by molar-refractivity contribution is 0.242. The maximum atomic E-state index is 12.6. The molecule has 0 aliphatic carbocycles. The smallest absolute Gasteiger partial charge is 0.282 e. The number of ether oxygens (including phenoxy) is 1. The van der Waals surface area contributed by atoms with Gasteiger partial charge in [0.25, 0.3) is 5.56 Å². The number of hydrogen-bond donors (Lipinski definition) is 0. The van der Waals surface area contributed by atoms with E-state index in [9.17, 15) is 4.79 Å². The van der Waals surface area contributed by atoms with Crippen LogP contribution in [-0.2, 0) is 0 Å². The van der Waals surface area contributed by atoms with Crippen LogP contribution in [0.5, 0.6) is 5.75 Å². The summed E-state index contributed by atoms with van der Waals surface area (Å²) in [4.78, 5) is 17.0. The number of aryl methyl sites for hydroxylation is 1. The van der Waals surface area contributed by atoms with E-state index < -0.39 is 0 Å². The summed E-state index contributed by atoms with van der Waals surface area (Å²) in [7, 11) is 0. The van der Waals surface area contributed by atoms with Crippen molar-refractivity contribution in [2.45, 2.75) is 26.9 Å². The Bertz CT molecular complexity index is 958. The van der Waals surface area contributed by atoms with Gasteiger partial charge in [0.15, 0.2) is 0 Å². The van der Waals surface area contributed by atoms with Crippen LogP contribution < -0.4 is 10.3 Å². The first-order chi connectivity index (χ1) is 11.6. The molecule has 5 nitrogen and oxygen atoms in total. The number of benzene rings is 2. The number of hydrogen-bond acceptors (Lipinski definition) is 4. The molecular weight excluding hydrogens is 302 g/mol. The second-order valence-corrected chi connectivity index (χ2v) is 5.74. The molecule has 122 valence electrons. The summed E-state index contributed by atoms with van der Waals surface area (Å²) >= 11 is 0. The molecule has 0 radical (unpaired) electrons. The average Bonchev–Trinajstić information content (AvgIpc) is 2.55. The van der Waals surface area contributed by atoms with Crippen LogP contribution in [0.2, 0.25) is 0 Å². The first-order valence-electron chi connectivity index (χ1n) is 7.84. The minimum Gasteiger partial charge on any atom is -0.490 e. The monoisotopic (exact) mass is 321 g/mol. The van der Waals surface area contributed by atoms with Crippen LogP contribution in [0.3, 0.4) is 0 Å². The van der Waals surface area contributed by atoms with Gasteiger partial charge in [-0.05, 0) is 45.0 Å². The molecule has 1 heterocycles. The molecule has 0 N–H and O–H groups in total. The van der Waals surface area contributed by atoms with Crippen molar-refractivity contribution in [2.75, 3.05) is 0 Å². The number of rotatable bonds is 4. The quantitative estimate of drug-likeness (QED) is 0.692. The molecule has 0 aliphatic heterocycles. The van der Waals surface area contributed by atoms with Crippen molar-refractivity contribution in [3.05, 3.63) is 70.3 Å². The summed E-state index contributed by atoms with van der Waals surface area (Å²) in [6.45, 7) is 5.70. The van der Waals surface area contributed by atoms with Gasteiger partial charge in [0.2, 0.25) is 0 Å². The Morgan fingerprint density at radius 1 is 1.12 bits per heavy atom. The molecule has 0 spiro atoms. The third-order valence-corrected chi connectivity index (χ3v) is 3.51. The Morgan fingerprint density at radius 2 is 1.83 bits per heavy atom. The Hall–Kier alpha value is -2.95. The zero-order valence-corrected chi connectivity index (χ0v) is 13.9. The van der Waals surface area contributed by atoms with Crippen molar-refractivity contribution in [1.82, 2.24) is 9.66 Å². The fourth-order valence-electron chi connectivity index (χ4n) is 2.44. The van der Waals surface area contributed by atoms with Crippen LogP contribution in [0.4, 0.5) is 0 Å². The van der Waals surface area contributed by atoms with Crippen molar-refractivity contribution in [3.8, 4) is 5.75 Å². The molecule has 0 aliphatic rings. The van der Waals surface area contributed by atoms with Crippen LogP contribution in [0.1, 0.15) is 25.2 Å². The summed E-state index contributed by atoms with van der Waals surface area (Å²) in [6, 6.07) is 14.9. The van der Waals surface area contributed by atoms with Crippen LogP contribution in [-0.4, -0.2) is 22.0 Å². The molecule has 1 aromatic heterocycles. The summed E-state index contributed by atoms with van der Waals surface area (Å²) in [5, 5.41) is 4.88. The Kier molecular flexibility index (Phi) is 4.42. The summed E-state index contributed by atoms with van der Waals surface area (Å²) in [5.41, 5.74) is 1.30. The third-order valence-electron chi connectivity index (χ3n) is 3.51. The fourth-order valence-corrected chi connectivity index (χ4v) is 2.44. The van der Waals surface area contributed by atoms with Crippen LogP contribution in [0.25, 0.3) is 10.9 Å². The van der Waals surface area contributed by atoms with Crippen molar-refractivity contribution in [2.24, 2.45) is 5.10 Å². The molecule has 0 saturated carbocycles. The molecular formula is C19H19N3O2. The van der Waals surface area contributed by atoms with Gasteiger partial charge in [0.1, 0.15) is 11.6 Å². The lowest BCUT2D eigenvalue weighted by atomic mass is 10.2. The van der Waals surface area contributed by atoms with Gasteiger partial charge in [0, 0.05) is 5.56 Å². The number of nitrogens with zero attached hydrogens (tertiary/aromatic N) is 3. The number of para-hydroxylation sites is 2. The second-order valence-electron chi connectivity index (χ2n) is 5.74. The summed E-state index contributed by atoms with van der Waals surface area (Å²) in [6.07, 6.45) is 1.69. The molecule has 0 unspecified atom stereocenters. The first-order valence-corrected chi connectivity index (χ1v) is 7.84. The standard InChI is InChI=1S/C19H19N3O2/c1-13(2)24-18-11-7-4-8-15(18)12-20-22-14(3)21-17-10-6-5-9-16(17)19(22)23/h4-13H,1-3H3/b20-12+. The third kappa shape index (κ3) is 3.20. The summed E-state index contributed by atoms with van der Waals surface area (Å²) in [5.74, 6) is 1.27. The van der Waals surface area contributed by atoms with Gasteiger partial charge < -0.3 is 4.74 Å². The number of fused-ring (bicyclic) bond motifs is 1. The van der Waals surface area contributed by atoms with Gasteiger partial charge >= 0.3 is 0 Å². The maximum absolute atomic E-state index is 12.6. The molecule has 0 fully saturated rings. The molecule has 0 saturated heterocycles. The molecule has 3 aromatic rings. The van der Waals surface area contributed by atoms with Crippen LogP contribution in [0.15, 0.2) is 58.4 Å². The van der Waals surface area contributed by atoms with Crippen molar-refractivity contribution in [3.63, 3.8) is 0 Å². The number of aromatic nitrogens is 2. The van der Waals surface area contributed by atoms with Crippen molar-refractivity contribution in [1.29, 1.82) is 0 Å². The minimum absolute atomic E-state index is 0.0614. The van der Waals surface area contributed by atoms with E-state index in [2.05, 4.69) is 10.1 Å². The highest BCUT2D eigenvalue weighted by atomic mass is 16.5. The van der Waals surface area contributed by atoms with E-state index in [1.807, 2.05) is 56.3 Å². The predicted octanol–water partition coefficient (Wildman–Crippen LogP) is 3.37. The first kappa shape index (κ1) is 15.9. The molecule has 5 heteroatoms. The fraction of sp³-hybridized carbons (Fsp3) is 0.211. The molecule has 24 heavy (non-hydrogen) atoms. The van der Waals surface area contributed by atoms with Gasteiger partial charge in [-0.3, -0.25) is 4.79 Å². The van der Waals surface area contributed by atoms with E-state index in [0.29, 0.717) is 16.7 Å². The van der Waals surface area contributed by atoms with Gasteiger partial charge in [-0.25, -0.2) is 4.98 Å². The van der Waals surface area contributed by atoms with Crippen LogP contribution in [0, 0.1) is 6.92 Å². The van der Waals surface area contributed by atoms with E-state index in [1.54, 1.807) is 19.2 Å². The average molecular weight is 321 g/mol. The Balaban J connectivity index is 2.05. The van der Waals surface area contributed by atoms with E-state index in [4.69, 9.17) is 4.74 Å². The van der Waals surface area contributed by atoms with E-state index in [-0.39, 0.29) is 11.7 Å². The highest BCUT2D eigenvalue weighted by Crippen LogP contribution is 2.17. The lowest BCUT2D eigenvalue weighted by Gasteiger charge is -2.12.